The number of carbonyl (C=O) groups excluding carboxylic acids is 1. The minimum absolute atomic E-state index is 0.00820. The maximum atomic E-state index is 12.8. The first kappa shape index (κ1) is 20.1. The molecule has 2 aromatic carbocycles. The Morgan fingerprint density at radius 2 is 1.83 bits per heavy atom. The molecule has 0 fully saturated rings. The van der Waals surface area contributed by atoms with Crippen LogP contribution >= 0.6 is 11.6 Å². The highest BCUT2D eigenvalue weighted by atomic mass is 35.5. The number of aromatic hydroxyl groups is 1. The summed E-state index contributed by atoms with van der Waals surface area (Å²) in [5.41, 5.74) is 2.20. The molecule has 4 rings (SSSR count). The number of benzene rings is 2. The van der Waals surface area contributed by atoms with E-state index in [2.05, 4.69) is 4.98 Å². The lowest BCUT2D eigenvalue weighted by molar-refractivity contribution is 0.0982. The number of hydrogen-bond donors (Lipinski definition) is 1. The van der Waals surface area contributed by atoms with E-state index in [4.69, 9.17) is 11.6 Å². The Balaban J connectivity index is 1.48. The van der Waals surface area contributed by atoms with E-state index in [9.17, 15) is 18.3 Å². The van der Waals surface area contributed by atoms with Crippen molar-refractivity contribution in [2.45, 2.75) is 22.6 Å². The second-order valence-electron chi connectivity index (χ2n) is 6.79. The van der Waals surface area contributed by atoms with E-state index in [0.717, 1.165) is 11.2 Å². The van der Waals surface area contributed by atoms with Gasteiger partial charge in [0.2, 0.25) is 9.84 Å². The molecule has 30 heavy (non-hydrogen) atoms. The van der Waals surface area contributed by atoms with Crippen molar-refractivity contribution in [2.75, 3.05) is 0 Å². The highest BCUT2D eigenvalue weighted by Crippen LogP contribution is 2.31. The molecule has 4 aromatic rings. The lowest BCUT2D eigenvalue weighted by atomic mass is 10.0. The Kier molecular flexibility index (Phi) is 5.32. The molecular weight excluding hydrogens is 424 g/mol. The number of halogens is 1. The van der Waals surface area contributed by atoms with Gasteiger partial charge >= 0.3 is 0 Å². The summed E-state index contributed by atoms with van der Waals surface area (Å²) in [5, 5.41) is 10.1. The molecule has 1 N–H and O–H groups in total. The van der Waals surface area contributed by atoms with E-state index in [1.807, 2.05) is 0 Å². The second kappa shape index (κ2) is 7.93. The Morgan fingerprint density at radius 3 is 2.60 bits per heavy atom. The zero-order chi connectivity index (χ0) is 21.3. The molecule has 8 heteroatoms. The van der Waals surface area contributed by atoms with Gasteiger partial charge in [0.05, 0.1) is 4.90 Å². The smallest absolute Gasteiger partial charge is 0.210 e. The summed E-state index contributed by atoms with van der Waals surface area (Å²) in [6, 6.07) is 13.7. The van der Waals surface area contributed by atoms with E-state index in [-0.39, 0.29) is 26.3 Å². The summed E-state index contributed by atoms with van der Waals surface area (Å²) in [6.45, 7) is 0. The van der Waals surface area contributed by atoms with Crippen LogP contribution < -0.4 is 0 Å². The van der Waals surface area contributed by atoms with Gasteiger partial charge in [-0.2, -0.15) is 0 Å². The number of ketones is 1. The molecule has 0 aliphatic carbocycles. The maximum Gasteiger partial charge on any atom is 0.210 e. The number of fused-ring (bicyclic) bond motifs is 1. The third kappa shape index (κ3) is 3.94. The van der Waals surface area contributed by atoms with Gasteiger partial charge in [-0.25, -0.2) is 13.4 Å². The molecule has 0 spiro atoms. The molecule has 2 heterocycles. The molecule has 0 amide bonds. The van der Waals surface area contributed by atoms with Crippen LogP contribution in [0, 0.1) is 0 Å². The fraction of sp³-hybridized carbons (Fsp3) is 0.0909. The van der Waals surface area contributed by atoms with Crippen LogP contribution in [0.2, 0.25) is 5.02 Å². The van der Waals surface area contributed by atoms with Crippen molar-refractivity contribution in [3.05, 3.63) is 89.3 Å². The Bertz CT molecular complexity index is 1350. The first-order chi connectivity index (χ1) is 14.3. The molecule has 152 valence electrons. The van der Waals surface area contributed by atoms with Crippen LogP contribution in [0.15, 0.2) is 83.0 Å². The predicted octanol–water partition coefficient (Wildman–Crippen LogP) is 4.34. The number of rotatable bonds is 6. The van der Waals surface area contributed by atoms with Crippen LogP contribution in [-0.2, 0) is 16.3 Å². The van der Waals surface area contributed by atoms with Crippen LogP contribution in [0.1, 0.15) is 22.3 Å². The predicted molar refractivity (Wildman–Crippen MR) is 113 cm³/mol. The Morgan fingerprint density at radius 1 is 1.07 bits per heavy atom. The third-order valence-corrected chi connectivity index (χ3v) is 6.83. The minimum atomic E-state index is -3.91. The number of pyridine rings is 1. The number of hydrogen-bond acceptors (Lipinski definition) is 5. The van der Waals surface area contributed by atoms with Crippen molar-refractivity contribution in [2.24, 2.45) is 0 Å². The summed E-state index contributed by atoms with van der Waals surface area (Å²) in [5.74, 6) is -0.366. The van der Waals surface area contributed by atoms with Crippen molar-refractivity contribution in [3.63, 3.8) is 0 Å². The molecule has 0 aliphatic heterocycles. The number of nitrogens with zero attached hydrogens (tertiary/aromatic N) is 2. The lowest BCUT2D eigenvalue weighted by Gasteiger charge is -2.08. The number of imidazole rings is 1. The number of Topliss-reactive ketones (excluding diaryl/α,β-unsaturated/α-hetero) is 1. The molecular formula is C22H17ClN2O4S. The average molecular weight is 441 g/mol. The van der Waals surface area contributed by atoms with Crippen molar-refractivity contribution in [1.82, 2.24) is 9.38 Å². The van der Waals surface area contributed by atoms with E-state index >= 15 is 0 Å². The molecule has 2 aromatic heterocycles. The number of carbonyl (C=O) groups is 1. The van der Waals surface area contributed by atoms with Crippen LogP contribution in [0.25, 0.3) is 5.65 Å². The normalized spacial score (nSPS) is 11.6. The van der Waals surface area contributed by atoms with Crippen molar-refractivity contribution in [1.29, 1.82) is 0 Å². The van der Waals surface area contributed by atoms with Gasteiger partial charge < -0.3 is 9.51 Å². The molecule has 0 saturated heterocycles. The summed E-state index contributed by atoms with van der Waals surface area (Å²) >= 11 is 5.87. The fourth-order valence-corrected chi connectivity index (χ4v) is 4.76. The number of aryl methyl sites for hydroxylation is 1. The van der Waals surface area contributed by atoms with E-state index in [1.165, 1.54) is 30.3 Å². The molecule has 0 bridgehead atoms. The number of aromatic nitrogens is 2. The molecule has 0 unspecified atom stereocenters. The Labute approximate surface area is 178 Å². The first-order valence-electron chi connectivity index (χ1n) is 9.13. The quantitative estimate of drug-likeness (QED) is 0.450. The summed E-state index contributed by atoms with van der Waals surface area (Å²) in [4.78, 5) is 16.4. The van der Waals surface area contributed by atoms with Crippen LogP contribution in [0.5, 0.6) is 5.75 Å². The zero-order valence-corrected chi connectivity index (χ0v) is 17.3. The number of sulfone groups is 1. The standard InChI is InChI=1S/C22H17ClN2O4S/c23-17-5-9-20(27)21(13-17)30(28,29)18-6-1-15(2-7-18)3-8-19(26)16-4-10-22-24-11-12-25(22)14-16/h1-2,4-7,9-14,27H,3,8H2. The lowest BCUT2D eigenvalue weighted by Crippen LogP contribution is -2.04. The van der Waals surface area contributed by atoms with Gasteiger partial charge in [-0.15, -0.1) is 0 Å². The van der Waals surface area contributed by atoms with E-state index in [1.54, 1.807) is 47.3 Å². The highest BCUT2D eigenvalue weighted by molar-refractivity contribution is 7.91. The number of phenolic OH excluding ortho intramolecular Hbond substituents is 1. The second-order valence-corrected chi connectivity index (χ2v) is 9.15. The topological polar surface area (TPSA) is 88.7 Å². The van der Waals surface area contributed by atoms with E-state index in [0.29, 0.717) is 18.4 Å². The summed E-state index contributed by atoms with van der Waals surface area (Å²) in [6.07, 6.45) is 5.97. The molecule has 0 aliphatic rings. The van der Waals surface area contributed by atoms with Gasteiger partial charge in [0.15, 0.2) is 5.78 Å². The van der Waals surface area contributed by atoms with Gasteiger partial charge in [-0.3, -0.25) is 4.79 Å². The van der Waals surface area contributed by atoms with Gasteiger partial charge in [0.25, 0.3) is 0 Å². The minimum Gasteiger partial charge on any atom is -0.507 e. The molecule has 0 saturated carbocycles. The summed E-state index contributed by atoms with van der Waals surface area (Å²) < 4.78 is 27.3. The Hall–Kier alpha value is -3.16. The molecule has 0 atom stereocenters. The monoisotopic (exact) mass is 440 g/mol. The largest absolute Gasteiger partial charge is 0.507 e. The number of phenols is 1. The summed E-state index contributed by atoms with van der Waals surface area (Å²) in [7, 11) is -3.91. The zero-order valence-electron chi connectivity index (χ0n) is 15.7. The maximum absolute atomic E-state index is 12.8. The van der Waals surface area contributed by atoms with Crippen LogP contribution in [0.4, 0.5) is 0 Å². The van der Waals surface area contributed by atoms with Crippen LogP contribution in [0.3, 0.4) is 0 Å². The SMILES string of the molecule is O=C(CCc1ccc(S(=O)(=O)c2cc(Cl)ccc2O)cc1)c1ccc2nccn2c1. The van der Waals surface area contributed by atoms with Gasteiger partial charge in [0, 0.05) is 35.6 Å². The van der Waals surface area contributed by atoms with E-state index < -0.39 is 9.84 Å². The van der Waals surface area contributed by atoms with Gasteiger partial charge in [-0.1, -0.05) is 23.7 Å². The highest BCUT2D eigenvalue weighted by Gasteiger charge is 2.22. The third-order valence-electron chi connectivity index (χ3n) is 4.80. The van der Waals surface area contributed by atoms with Crippen LogP contribution in [-0.4, -0.2) is 28.7 Å². The van der Waals surface area contributed by atoms with Gasteiger partial charge in [0.1, 0.15) is 16.3 Å². The molecule has 0 radical (unpaired) electrons. The van der Waals surface area contributed by atoms with Crippen molar-refractivity contribution < 1.29 is 18.3 Å². The fourth-order valence-electron chi connectivity index (χ4n) is 3.15. The van der Waals surface area contributed by atoms with Crippen molar-refractivity contribution >= 4 is 32.9 Å². The van der Waals surface area contributed by atoms with Crippen molar-refractivity contribution in [3.8, 4) is 5.75 Å². The first-order valence-corrected chi connectivity index (χ1v) is 11.0. The average Bonchev–Trinajstić information content (AvgIpc) is 3.22. The van der Waals surface area contributed by atoms with Gasteiger partial charge in [-0.05, 0) is 54.4 Å². The molecule has 6 nitrogen and oxygen atoms in total.